The van der Waals surface area contributed by atoms with Gasteiger partial charge >= 0.3 is 5.97 Å². The fourth-order valence-electron chi connectivity index (χ4n) is 1.22. The fraction of sp³-hybridized carbons (Fsp3) is 0.100. The first-order valence-electron chi connectivity index (χ1n) is 4.46. The van der Waals surface area contributed by atoms with Crippen molar-refractivity contribution in [1.82, 2.24) is 14.8 Å². The number of esters is 1. The molecule has 0 spiro atoms. The molecular formula is C10H8FN3O2. The summed E-state index contributed by atoms with van der Waals surface area (Å²) in [4.78, 5) is 14.9. The number of hydrogen-bond donors (Lipinski definition) is 0. The van der Waals surface area contributed by atoms with Crippen LogP contribution < -0.4 is 0 Å². The second-order valence-electron chi connectivity index (χ2n) is 2.97. The molecule has 82 valence electrons. The van der Waals surface area contributed by atoms with E-state index in [9.17, 15) is 9.18 Å². The van der Waals surface area contributed by atoms with E-state index in [1.165, 1.54) is 24.2 Å². The summed E-state index contributed by atoms with van der Waals surface area (Å²) < 4.78 is 19.3. The van der Waals surface area contributed by atoms with Gasteiger partial charge < -0.3 is 4.74 Å². The predicted molar refractivity (Wildman–Crippen MR) is 52.7 cm³/mol. The Morgan fingerprint density at radius 2 is 2.38 bits per heavy atom. The highest BCUT2D eigenvalue weighted by Gasteiger charge is 2.12. The van der Waals surface area contributed by atoms with Crippen LogP contribution in [-0.4, -0.2) is 27.8 Å². The van der Waals surface area contributed by atoms with Crippen molar-refractivity contribution in [1.29, 1.82) is 0 Å². The van der Waals surface area contributed by atoms with Crippen molar-refractivity contribution in [2.45, 2.75) is 0 Å². The SMILES string of the molecule is COC(=O)c1cnc(-n2cccn2)c(F)c1. The Morgan fingerprint density at radius 1 is 1.56 bits per heavy atom. The van der Waals surface area contributed by atoms with Gasteiger partial charge in [-0.25, -0.2) is 18.9 Å². The lowest BCUT2D eigenvalue weighted by Crippen LogP contribution is -2.07. The first kappa shape index (κ1) is 10.3. The maximum absolute atomic E-state index is 13.6. The molecule has 0 atom stereocenters. The summed E-state index contributed by atoms with van der Waals surface area (Å²) in [6, 6.07) is 2.71. The lowest BCUT2D eigenvalue weighted by atomic mass is 10.3. The van der Waals surface area contributed by atoms with Gasteiger partial charge in [0.2, 0.25) is 0 Å². The third-order valence-electron chi connectivity index (χ3n) is 1.96. The Morgan fingerprint density at radius 3 is 2.94 bits per heavy atom. The van der Waals surface area contributed by atoms with Gasteiger partial charge in [-0.2, -0.15) is 5.10 Å². The summed E-state index contributed by atoms with van der Waals surface area (Å²) in [6.07, 6.45) is 4.31. The molecule has 2 aromatic rings. The Bertz CT molecular complexity index is 511. The molecule has 0 radical (unpaired) electrons. The summed E-state index contributed by atoms with van der Waals surface area (Å²) in [5.41, 5.74) is 0.0657. The Kier molecular flexibility index (Phi) is 2.63. The van der Waals surface area contributed by atoms with Crippen LogP contribution in [0.3, 0.4) is 0 Å². The number of carbonyl (C=O) groups excluding carboxylic acids is 1. The van der Waals surface area contributed by atoms with Gasteiger partial charge in [0.1, 0.15) is 0 Å². The number of nitrogens with zero attached hydrogens (tertiary/aromatic N) is 3. The lowest BCUT2D eigenvalue weighted by molar-refractivity contribution is 0.0599. The third-order valence-corrected chi connectivity index (χ3v) is 1.96. The maximum atomic E-state index is 13.6. The van der Waals surface area contributed by atoms with Gasteiger partial charge in [-0.15, -0.1) is 0 Å². The summed E-state index contributed by atoms with van der Waals surface area (Å²) in [5, 5.41) is 3.84. The first-order valence-corrected chi connectivity index (χ1v) is 4.46. The zero-order valence-electron chi connectivity index (χ0n) is 8.42. The van der Waals surface area contributed by atoms with E-state index < -0.39 is 11.8 Å². The van der Waals surface area contributed by atoms with Crippen molar-refractivity contribution in [2.75, 3.05) is 7.11 Å². The molecule has 0 N–H and O–H groups in total. The molecule has 0 fully saturated rings. The highest BCUT2D eigenvalue weighted by Crippen LogP contribution is 2.11. The van der Waals surface area contributed by atoms with E-state index in [2.05, 4.69) is 14.8 Å². The number of hydrogen-bond acceptors (Lipinski definition) is 4. The largest absolute Gasteiger partial charge is 0.465 e. The van der Waals surface area contributed by atoms with Crippen molar-refractivity contribution in [3.8, 4) is 5.82 Å². The second kappa shape index (κ2) is 4.09. The number of rotatable bonds is 2. The van der Waals surface area contributed by atoms with Gasteiger partial charge in [-0.05, 0) is 12.1 Å². The van der Waals surface area contributed by atoms with Gasteiger partial charge in [0, 0.05) is 18.6 Å². The van der Waals surface area contributed by atoms with Crippen LogP contribution in [0.4, 0.5) is 4.39 Å². The zero-order valence-corrected chi connectivity index (χ0v) is 8.42. The minimum Gasteiger partial charge on any atom is -0.465 e. The van der Waals surface area contributed by atoms with Gasteiger partial charge in [0.05, 0.1) is 12.7 Å². The smallest absolute Gasteiger partial charge is 0.339 e. The van der Waals surface area contributed by atoms with Crippen LogP contribution in [0.25, 0.3) is 5.82 Å². The molecule has 2 heterocycles. The standard InChI is InChI=1S/C10H8FN3O2/c1-16-10(15)7-5-8(11)9(12-6-7)14-4-2-3-13-14/h2-6H,1H3. The summed E-state index contributed by atoms with van der Waals surface area (Å²) >= 11 is 0. The molecule has 0 saturated heterocycles. The normalized spacial score (nSPS) is 10.1. The monoisotopic (exact) mass is 221 g/mol. The molecule has 0 aliphatic carbocycles. The minimum atomic E-state index is -0.633. The van der Waals surface area contributed by atoms with Crippen LogP contribution in [-0.2, 0) is 4.74 Å². The van der Waals surface area contributed by atoms with Crippen molar-refractivity contribution < 1.29 is 13.9 Å². The fourth-order valence-corrected chi connectivity index (χ4v) is 1.22. The Hall–Kier alpha value is -2.24. The van der Waals surface area contributed by atoms with E-state index in [-0.39, 0.29) is 11.4 Å². The Balaban J connectivity index is 2.41. The molecule has 0 aliphatic heterocycles. The van der Waals surface area contributed by atoms with Gasteiger partial charge in [0.25, 0.3) is 0 Å². The Labute approximate surface area is 90.5 Å². The average molecular weight is 221 g/mol. The highest BCUT2D eigenvalue weighted by molar-refractivity contribution is 5.89. The summed E-state index contributed by atoms with van der Waals surface area (Å²) in [7, 11) is 1.22. The molecular weight excluding hydrogens is 213 g/mol. The van der Waals surface area contributed by atoms with Crippen LogP contribution in [0.2, 0.25) is 0 Å². The van der Waals surface area contributed by atoms with Crippen LogP contribution in [0.5, 0.6) is 0 Å². The van der Waals surface area contributed by atoms with Crippen molar-refractivity contribution in [2.24, 2.45) is 0 Å². The van der Waals surface area contributed by atoms with Crippen molar-refractivity contribution in [3.05, 3.63) is 42.1 Å². The zero-order chi connectivity index (χ0) is 11.5. The third kappa shape index (κ3) is 1.77. The molecule has 5 nitrogen and oxygen atoms in total. The van der Waals surface area contributed by atoms with Crippen LogP contribution in [0, 0.1) is 5.82 Å². The molecule has 0 bridgehead atoms. The minimum absolute atomic E-state index is 0.0395. The number of halogens is 1. The first-order chi connectivity index (χ1) is 7.72. The summed E-state index contributed by atoms with van der Waals surface area (Å²) in [5.74, 6) is -1.22. The van der Waals surface area contributed by atoms with E-state index in [1.54, 1.807) is 12.3 Å². The quantitative estimate of drug-likeness (QED) is 0.715. The second-order valence-corrected chi connectivity index (χ2v) is 2.97. The highest BCUT2D eigenvalue weighted by atomic mass is 19.1. The van der Waals surface area contributed by atoms with Gasteiger partial charge in [-0.3, -0.25) is 0 Å². The van der Waals surface area contributed by atoms with E-state index in [1.807, 2.05) is 0 Å². The maximum Gasteiger partial charge on any atom is 0.339 e. The molecule has 2 aromatic heterocycles. The van der Waals surface area contributed by atoms with E-state index in [0.29, 0.717) is 0 Å². The molecule has 0 saturated carbocycles. The van der Waals surface area contributed by atoms with Gasteiger partial charge in [-0.1, -0.05) is 0 Å². The summed E-state index contributed by atoms with van der Waals surface area (Å²) in [6.45, 7) is 0. The molecule has 16 heavy (non-hydrogen) atoms. The van der Waals surface area contributed by atoms with E-state index in [0.717, 1.165) is 6.07 Å². The van der Waals surface area contributed by atoms with Crippen LogP contribution in [0.1, 0.15) is 10.4 Å². The number of ether oxygens (including phenoxy) is 1. The molecule has 0 amide bonds. The predicted octanol–water partition coefficient (Wildman–Crippen LogP) is 1.19. The number of methoxy groups -OCH3 is 1. The van der Waals surface area contributed by atoms with Crippen LogP contribution in [0.15, 0.2) is 30.7 Å². The topological polar surface area (TPSA) is 57.0 Å². The number of carbonyl (C=O) groups is 1. The molecule has 0 unspecified atom stereocenters. The van der Waals surface area contributed by atoms with E-state index >= 15 is 0 Å². The molecule has 2 rings (SSSR count). The molecule has 0 aliphatic rings. The number of pyridine rings is 1. The average Bonchev–Trinajstić information content (AvgIpc) is 2.81. The molecule has 0 aromatic carbocycles. The van der Waals surface area contributed by atoms with E-state index in [4.69, 9.17) is 0 Å². The molecule has 6 heteroatoms. The van der Waals surface area contributed by atoms with Crippen molar-refractivity contribution in [3.63, 3.8) is 0 Å². The van der Waals surface area contributed by atoms with Crippen molar-refractivity contribution >= 4 is 5.97 Å². The lowest BCUT2D eigenvalue weighted by Gasteiger charge is -2.03. The number of aromatic nitrogens is 3. The van der Waals surface area contributed by atoms with Gasteiger partial charge in [0.15, 0.2) is 11.6 Å². The van der Waals surface area contributed by atoms with Crippen LogP contribution >= 0.6 is 0 Å².